The number of benzene rings is 2. The summed E-state index contributed by atoms with van der Waals surface area (Å²) < 4.78 is 20.9. The van der Waals surface area contributed by atoms with Crippen molar-refractivity contribution >= 4 is 17.1 Å². The molecule has 4 aromatic rings. The van der Waals surface area contributed by atoms with Crippen LogP contribution in [0.15, 0.2) is 67.0 Å². The van der Waals surface area contributed by atoms with Gasteiger partial charge in [0.05, 0.1) is 23.8 Å². The standard InChI is InChI=1S/C27H27ClFN3O/c1-33-25-5-3-2-4-22(25)26-23(28)13-17-32-24(26)18-30-27(32)20-11-15-31(16-12-20)14-10-19-6-8-21(29)9-7-19/h2-9,13,17-18,20H,10-12,14-16H2,1H3. The summed E-state index contributed by atoms with van der Waals surface area (Å²) in [7, 11) is 1.68. The van der Waals surface area contributed by atoms with Crippen molar-refractivity contribution in [3.63, 3.8) is 0 Å². The summed E-state index contributed by atoms with van der Waals surface area (Å²) in [6, 6.07) is 16.7. The predicted octanol–water partition coefficient (Wildman–Crippen LogP) is 6.22. The van der Waals surface area contributed by atoms with Crippen LogP contribution in [0.5, 0.6) is 5.75 Å². The molecule has 0 amide bonds. The third-order valence-corrected chi connectivity index (χ3v) is 6.96. The molecule has 0 atom stereocenters. The van der Waals surface area contributed by atoms with E-state index >= 15 is 0 Å². The molecular formula is C27H27ClFN3O. The Morgan fingerprint density at radius 3 is 2.58 bits per heavy atom. The highest BCUT2D eigenvalue weighted by Crippen LogP contribution is 2.39. The number of pyridine rings is 1. The van der Waals surface area contributed by atoms with E-state index in [0.717, 1.165) is 67.1 Å². The molecule has 0 saturated carbocycles. The Hall–Kier alpha value is -2.89. The third-order valence-electron chi connectivity index (χ3n) is 6.65. The van der Waals surface area contributed by atoms with Gasteiger partial charge in [0.1, 0.15) is 17.4 Å². The lowest BCUT2D eigenvalue weighted by Gasteiger charge is -2.31. The molecule has 1 saturated heterocycles. The van der Waals surface area contributed by atoms with E-state index in [4.69, 9.17) is 21.3 Å². The van der Waals surface area contributed by atoms with Crippen LogP contribution in [0.2, 0.25) is 5.02 Å². The second kappa shape index (κ2) is 9.54. The average molecular weight is 464 g/mol. The normalized spacial score (nSPS) is 15.2. The first-order valence-electron chi connectivity index (χ1n) is 11.4. The van der Waals surface area contributed by atoms with Crippen molar-refractivity contribution in [3.05, 3.63) is 89.2 Å². The monoisotopic (exact) mass is 463 g/mol. The van der Waals surface area contributed by atoms with Gasteiger partial charge in [-0.15, -0.1) is 0 Å². The quantitative estimate of drug-likeness (QED) is 0.339. The second-order valence-electron chi connectivity index (χ2n) is 8.60. The molecule has 0 N–H and O–H groups in total. The van der Waals surface area contributed by atoms with Gasteiger partial charge in [0.15, 0.2) is 0 Å². The number of nitrogens with zero attached hydrogens (tertiary/aromatic N) is 3. The maximum Gasteiger partial charge on any atom is 0.126 e. The van der Waals surface area contributed by atoms with Gasteiger partial charge in [-0.2, -0.15) is 0 Å². The molecule has 6 heteroatoms. The van der Waals surface area contributed by atoms with Gasteiger partial charge in [-0.1, -0.05) is 41.9 Å². The zero-order chi connectivity index (χ0) is 22.8. The van der Waals surface area contributed by atoms with Crippen molar-refractivity contribution in [2.24, 2.45) is 0 Å². The van der Waals surface area contributed by atoms with E-state index < -0.39 is 0 Å². The first-order chi connectivity index (χ1) is 16.1. The number of hydrogen-bond donors (Lipinski definition) is 0. The first-order valence-corrected chi connectivity index (χ1v) is 11.8. The highest BCUT2D eigenvalue weighted by atomic mass is 35.5. The molecule has 0 unspecified atom stereocenters. The minimum absolute atomic E-state index is 0.179. The van der Waals surface area contributed by atoms with E-state index in [2.05, 4.69) is 9.30 Å². The fraction of sp³-hybridized carbons (Fsp3) is 0.296. The van der Waals surface area contributed by atoms with Crippen molar-refractivity contribution in [2.75, 3.05) is 26.7 Å². The Labute approximate surface area is 198 Å². The number of halogens is 2. The zero-order valence-electron chi connectivity index (χ0n) is 18.7. The van der Waals surface area contributed by atoms with E-state index in [1.165, 1.54) is 17.7 Å². The molecule has 170 valence electrons. The van der Waals surface area contributed by atoms with Crippen LogP contribution in [0.4, 0.5) is 4.39 Å². The summed E-state index contributed by atoms with van der Waals surface area (Å²) in [6.07, 6.45) is 7.03. The van der Waals surface area contributed by atoms with Crippen LogP contribution in [-0.2, 0) is 6.42 Å². The van der Waals surface area contributed by atoms with Crippen LogP contribution in [0.1, 0.15) is 30.1 Å². The number of fused-ring (bicyclic) bond motifs is 1. The van der Waals surface area contributed by atoms with Crippen molar-refractivity contribution < 1.29 is 9.13 Å². The van der Waals surface area contributed by atoms with Gasteiger partial charge in [0.25, 0.3) is 0 Å². The average Bonchev–Trinajstić information content (AvgIpc) is 3.28. The SMILES string of the molecule is COc1ccccc1-c1c(Cl)ccn2c(C3CCN(CCc4ccc(F)cc4)CC3)ncc12. The number of rotatable bonds is 6. The van der Waals surface area contributed by atoms with Gasteiger partial charge in [-0.05, 0) is 62.2 Å². The molecule has 0 radical (unpaired) electrons. The molecule has 0 aliphatic carbocycles. The molecular weight excluding hydrogens is 437 g/mol. The van der Waals surface area contributed by atoms with Gasteiger partial charge < -0.3 is 14.0 Å². The molecule has 1 aliphatic heterocycles. The minimum Gasteiger partial charge on any atom is -0.496 e. The summed E-state index contributed by atoms with van der Waals surface area (Å²) in [5, 5.41) is 0.689. The molecule has 3 heterocycles. The number of methoxy groups -OCH3 is 1. The van der Waals surface area contributed by atoms with E-state index in [1.54, 1.807) is 7.11 Å². The molecule has 5 rings (SSSR count). The number of piperidine rings is 1. The lowest BCUT2D eigenvalue weighted by atomic mass is 9.95. The molecule has 0 spiro atoms. The summed E-state index contributed by atoms with van der Waals surface area (Å²) >= 11 is 6.65. The third kappa shape index (κ3) is 4.48. The van der Waals surface area contributed by atoms with Crippen LogP contribution >= 0.6 is 11.6 Å². The molecule has 2 aromatic heterocycles. The van der Waals surface area contributed by atoms with Crippen LogP contribution in [0.3, 0.4) is 0 Å². The van der Waals surface area contributed by atoms with E-state index in [-0.39, 0.29) is 5.82 Å². The number of likely N-dealkylation sites (tertiary alicyclic amines) is 1. The fourth-order valence-electron chi connectivity index (χ4n) is 4.84. The molecule has 4 nitrogen and oxygen atoms in total. The van der Waals surface area contributed by atoms with E-state index in [9.17, 15) is 4.39 Å². The van der Waals surface area contributed by atoms with Crippen molar-refractivity contribution in [2.45, 2.75) is 25.2 Å². The van der Waals surface area contributed by atoms with Crippen molar-refractivity contribution in [3.8, 4) is 16.9 Å². The van der Waals surface area contributed by atoms with Gasteiger partial charge in [0.2, 0.25) is 0 Å². The lowest BCUT2D eigenvalue weighted by molar-refractivity contribution is 0.211. The topological polar surface area (TPSA) is 29.8 Å². The molecule has 1 aliphatic rings. The number of aromatic nitrogens is 2. The summed E-state index contributed by atoms with van der Waals surface area (Å²) in [5.41, 5.74) is 4.10. The fourth-order valence-corrected chi connectivity index (χ4v) is 5.09. The van der Waals surface area contributed by atoms with Gasteiger partial charge >= 0.3 is 0 Å². The van der Waals surface area contributed by atoms with E-state index in [1.807, 2.05) is 54.9 Å². The van der Waals surface area contributed by atoms with Crippen LogP contribution in [0, 0.1) is 5.82 Å². The summed E-state index contributed by atoms with van der Waals surface area (Å²) in [5.74, 6) is 2.11. The zero-order valence-corrected chi connectivity index (χ0v) is 19.4. The Morgan fingerprint density at radius 1 is 1.06 bits per heavy atom. The van der Waals surface area contributed by atoms with Crippen LogP contribution in [0.25, 0.3) is 16.6 Å². The van der Waals surface area contributed by atoms with Crippen molar-refractivity contribution in [1.82, 2.24) is 14.3 Å². The molecule has 33 heavy (non-hydrogen) atoms. The van der Waals surface area contributed by atoms with Crippen molar-refractivity contribution in [1.29, 1.82) is 0 Å². The largest absolute Gasteiger partial charge is 0.496 e. The summed E-state index contributed by atoms with van der Waals surface area (Å²) in [4.78, 5) is 7.33. The van der Waals surface area contributed by atoms with Gasteiger partial charge in [0, 0.05) is 29.8 Å². The highest BCUT2D eigenvalue weighted by molar-refractivity contribution is 6.34. The predicted molar refractivity (Wildman–Crippen MR) is 131 cm³/mol. The summed E-state index contributed by atoms with van der Waals surface area (Å²) in [6.45, 7) is 3.07. The molecule has 2 aromatic carbocycles. The Morgan fingerprint density at radius 2 is 1.82 bits per heavy atom. The Balaban J connectivity index is 1.33. The maximum atomic E-state index is 13.1. The molecule has 1 fully saturated rings. The number of imidazole rings is 1. The smallest absolute Gasteiger partial charge is 0.126 e. The lowest BCUT2D eigenvalue weighted by Crippen LogP contribution is -2.34. The van der Waals surface area contributed by atoms with Gasteiger partial charge in [-0.3, -0.25) is 0 Å². The number of hydrogen-bond acceptors (Lipinski definition) is 3. The minimum atomic E-state index is -0.179. The Kier molecular flexibility index (Phi) is 6.34. The maximum absolute atomic E-state index is 13.1. The first kappa shape index (κ1) is 21.9. The van der Waals surface area contributed by atoms with Crippen LogP contribution in [-0.4, -0.2) is 41.0 Å². The number of ether oxygens (including phenoxy) is 1. The number of para-hydroxylation sites is 1. The Bertz CT molecular complexity index is 1250. The highest BCUT2D eigenvalue weighted by Gasteiger charge is 2.25. The van der Waals surface area contributed by atoms with Crippen LogP contribution < -0.4 is 4.74 Å². The van der Waals surface area contributed by atoms with E-state index in [0.29, 0.717) is 10.9 Å². The van der Waals surface area contributed by atoms with Gasteiger partial charge in [-0.25, -0.2) is 9.37 Å². The second-order valence-corrected chi connectivity index (χ2v) is 9.01. The molecule has 0 bridgehead atoms.